The van der Waals surface area contributed by atoms with E-state index in [1.807, 2.05) is 20.2 Å². The number of rotatable bonds is 3. The summed E-state index contributed by atoms with van der Waals surface area (Å²) in [7, 11) is 4.01. The first-order valence-corrected chi connectivity index (χ1v) is 5.82. The third-order valence-electron chi connectivity index (χ3n) is 2.99. The van der Waals surface area contributed by atoms with E-state index in [0.29, 0.717) is 0 Å². The van der Waals surface area contributed by atoms with Crippen LogP contribution in [0.2, 0.25) is 0 Å². The summed E-state index contributed by atoms with van der Waals surface area (Å²) in [6, 6.07) is 6.13. The molecule has 0 atom stereocenters. The van der Waals surface area contributed by atoms with Crippen molar-refractivity contribution in [2.45, 2.75) is 18.3 Å². The quantitative estimate of drug-likeness (QED) is 0.786. The Balaban J connectivity index is 2.51. The standard InChI is InChI=1S/C12H14BrNO/c1-14(2)11-7-9(13)3-4-10(11)12(8-15)5-6-12/h3-4,7-8H,5-6H2,1-2H3. The van der Waals surface area contributed by atoms with Crippen LogP contribution in [0.4, 0.5) is 5.69 Å². The molecule has 80 valence electrons. The zero-order valence-corrected chi connectivity index (χ0v) is 10.5. The van der Waals surface area contributed by atoms with Crippen LogP contribution in [0, 0.1) is 0 Å². The lowest BCUT2D eigenvalue weighted by molar-refractivity contribution is -0.109. The van der Waals surface area contributed by atoms with Crippen molar-refractivity contribution >= 4 is 27.9 Å². The lowest BCUT2D eigenvalue weighted by Gasteiger charge is -2.20. The van der Waals surface area contributed by atoms with E-state index in [-0.39, 0.29) is 5.41 Å². The molecular formula is C12H14BrNO. The highest BCUT2D eigenvalue weighted by molar-refractivity contribution is 9.10. The molecule has 0 amide bonds. The summed E-state index contributed by atoms with van der Waals surface area (Å²) in [6.45, 7) is 0. The molecule has 0 spiro atoms. The molecule has 1 saturated carbocycles. The molecule has 2 nitrogen and oxygen atoms in total. The number of hydrogen-bond donors (Lipinski definition) is 0. The Morgan fingerprint density at radius 3 is 2.53 bits per heavy atom. The fourth-order valence-electron chi connectivity index (χ4n) is 1.88. The van der Waals surface area contributed by atoms with Crippen LogP contribution >= 0.6 is 15.9 Å². The monoisotopic (exact) mass is 267 g/mol. The number of aldehydes is 1. The predicted molar refractivity (Wildman–Crippen MR) is 65.4 cm³/mol. The zero-order valence-electron chi connectivity index (χ0n) is 8.96. The minimum Gasteiger partial charge on any atom is -0.377 e. The minimum absolute atomic E-state index is 0.194. The van der Waals surface area contributed by atoms with E-state index in [0.717, 1.165) is 34.9 Å². The third-order valence-corrected chi connectivity index (χ3v) is 3.49. The Bertz CT molecular complexity index is 397. The van der Waals surface area contributed by atoms with Crippen molar-refractivity contribution in [2.24, 2.45) is 0 Å². The van der Waals surface area contributed by atoms with E-state index >= 15 is 0 Å². The molecule has 1 aromatic carbocycles. The smallest absolute Gasteiger partial charge is 0.130 e. The summed E-state index contributed by atoms with van der Waals surface area (Å²) < 4.78 is 1.05. The van der Waals surface area contributed by atoms with Gasteiger partial charge in [0.25, 0.3) is 0 Å². The van der Waals surface area contributed by atoms with E-state index < -0.39 is 0 Å². The van der Waals surface area contributed by atoms with Crippen molar-refractivity contribution in [3.05, 3.63) is 28.2 Å². The van der Waals surface area contributed by atoms with Crippen molar-refractivity contribution in [1.29, 1.82) is 0 Å². The number of hydrogen-bond acceptors (Lipinski definition) is 2. The molecule has 0 bridgehead atoms. The summed E-state index contributed by atoms with van der Waals surface area (Å²) in [5.41, 5.74) is 2.10. The normalized spacial score (nSPS) is 17.3. The van der Waals surface area contributed by atoms with Gasteiger partial charge in [0.1, 0.15) is 6.29 Å². The highest BCUT2D eigenvalue weighted by Gasteiger charge is 2.45. The van der Waals surface area contributed by atoms with Gasteiger partial charge in [-0.25, -0.2) is 0 Å². The highest BCUT2D eigenvalue weighted by Crippen LogP contribution is 2.49. The molecule has 0 heterocycles. The third kappa shape index (κ3) is 1.81. The van der Waals surface area contributed by atoms with Gasteiger partial charge in [0, 0.05) is 24.3 Å². The van der Waals surface area contributed by atoms with Gasteiger partial charge in [0.15, 0.2) is 0 Å². The molecule has 0 aliphatic heterocycles. The maximum absolute atomic E-state index is 11.1. The molecule has 1 aliphatic rings. The molecule has 2 rings (SSSR count). The second kappa shape index (κ2) is 3.63. The van der Waals surface area contributed by atoms with Crippen LogP contribution < -0.4 is 4.90 Å². The molecule has 0 saturated heterocycles. The fourth-order valence-corrected chi connectivity index (χ4v) is 2.23. The average molecular weight is 268 g/mol. The van der Waals surface area contributed by atoms with Crippen molar-refractivity contribution in [2.75, 3.05) is 19.0 Å². The van der Waals surface area contributed by atoms with Gasteiger partial charge in [0.2, 0.25) is 0 Å². The van der Waals surface area contributed by atoms with Gasteiger partial charge >= 0.3 is 0 Å². The van der Waals surface area contributed by atoms with Crippen LogP contribution in [0.3, 0.4) is 0 Å². The number of nitrogens with zero attached hydrogens (tertiary/aromatic N) is 1. The first-order valence-electron chi connectivity index (χ1n) is 5.03. The van der Waals surface area contributed by atoms with Crippen LogP contribution in [0.1, 0.15) is 18.4 Å². The Morgan fingerprint density at radius 2 is 2.07 bits per heavy atom. The van der Waals surface area contributed by atoms with Gasteiger partial charge < -0.3 is 9.69 Å². The maximum Gasteiger partial charge on any atom is 0.130 e. The van der Waals surface area contributed by atoms with Crippen molar-refractivity contribution in [3.8, 4) is 0 Å². The van der Waals surface area contributed by atoms with Gasteiger partial charge in [0.05, 0.1) is 5.41 Å². The highest BCUT2D eigenvalue weighted by atomic mass is 79.9. The number of halogens is 1. The van der Waals surface area contributed by atoms with E-state index in [2.05, 4.69) is 33.0 Å². The summed E-state index contributed by atoms with van der Waals surface area (Å²) in [6.07, 6.45) is 3.07. The minimum atomic E-state index is -0.194. The van der Waals surface area contributed by atoms with Gasteiger partial charge in [-0.2, -0.15) is 0 Å². The molecule has 0 radical (unpaired) electrons. The topological polar surface area (TPSA) is 20.3 Å². The van der Waals surface area contributed by atoms with E-state index in [9.17, 15) is 4.79 Å². The predicted octanol–water partition coefficient (Wildman–Crippen LogP) is 2.75. The molecular weight excluding hydrogens is 254 g/mol. The second-order valence-corrected chi connectivity index (χ2v) is 5.25. The summed E-state index contributed by atoms with van der Waals surface area (Å²) >= 11 is 3.46. The Hall–Kier alpha value is -0.830. The van der Waals surface area contributed by atoms with Crippen molar-refractivity contribution in [1.82, 2.24) is 0 Å². The fraction of sp³-hybridized carbons (Fsp3) is 0.417. The van der Waals surface area contributed by atoms with E-state index in [1.165, 1.54) is 0 Å². The number of benzene rings is 1. The van der Waals surface area contributed by atoms with Crippen molar-refractivity contribution < 1.29 is 4.79 Å². The molecule has 0 unspecified atom stereocenters. The summed E-state index contributed by atoms with van der Waals surface area (Å²) in [5, 5.41) is 0. The lowest BCUT2D eigenvalue weighted by atomic mass is 9.95. The van der Waals surface area contributed by atoms with Crippen LogP contribution in [0.25, 0.3) is 0 Å². The van der Waals surface area contributed by atoms with Crippen LogP contribution in [0.15, 0.2) is 22.7 Å². The van der Waals surface area contributed by atoms with Gasteiger partial charge in [-0.1, -0.05) is 22.0 Å². The Labute approximate surface area is 98.4 Å². The number of carbonyl (C=O) groups is 1. The van der Waals surface area contributed by atoms with Crippen molar-refractivity contribution in [3.63, 3.8) is 0 Å². The van der Waals surface area contributed by atoms with Crippen LogP contribution in [-0.2, 0) is 10.2 Å². The molecule has 3 heteroatoms. The molecule has 15 heavy (non-hydrogen) atoms. The molecule has 0 N–H and O–H groups in total. The van der Waals surface area contributed by atoms with Gasteiger partial charge in [-0.3, -0.25) is 0 Å². The number of carbonyl (C=O) groups excluding carboxylic acids is 1. The zero-order chi connectivity index (χ0) is 11.1. The Kier molecular flexibility index (Phi) is 2.59. The van der Waals surface area contributed by atoms with Gasteiger partial charge in [-0.05, 0) is 30.5 Å². The van der Waals surface area contributed by atoms with E-state index in [4.69, 9.17) is 0 Å². The summed E-state index contributed by atoms with van der Waals surface area (Å²) in [4.78, 5) is 13.2. The van der Waals surface area contributed by atoms with Gasteiger partial charge in [-0.15, -0.1) is 0 Å². The van der Waals surface area contributed by atoms with Crippen LogP contribution in [0.5, 0.6) is 0 Å². The lowest BCUT2D eigenvalue weighted by Crippen LogP contribution is -2.17. The molecule has 1 aliphatic carbocycles. The maximum atomic E-state index is 11.1. The molecule has 0 aromatic heterocycles. The average Bonchev–Trinajstić information content (AvgIpc) is 2.98. The summed E-state index contributed by atoms with van der Waals surface area (Å²) in [5.74, 6) is 0. The SMILES string of the molecule is CN(C)c1cc(Br)ccc1C1(C=O)CC1. The largest absolute Gasteiger partial charge is 0.377 e. The van der Waals surface area contributed by atoms with E-state index in [1.54, 1.807) is 0 Å². The number of anilines is 1. The Morgan fingerprint density at radius 1 is 1.40 bits per heavy atom. The second-order valence-electron chi connectivity index (χ2n) is 4.33. The molecule has 1 aromatic rings. The first-order chi connectivity index (χ1) is 7.09. The molecule has 1 fully saturated rings. The van der Waals surface area contributed by atoms with Crippen LogP contribution in [-0.4, -0.2) is 20.4 Å². The first kappa shape index (κ1) is 10.7.